The van der Waals surface area contributed by atoms with Crippen molar-refractivity contribution in [1.29, 1.82) is 0 Å². The lowest BCUT2D eigenvalue weighted by molar-refractivity contribution is 0.320. The Labute approximate surface area is 119 Å². The van der Waals surface area contributed by atoms with Crippen LogP contribution in [0.1, 0.15) is 28.7 Å². The van der Waals surface area contributed by atoms with Gasteiger partial charge in [-0.3, -0.25) is 0 Å². The summed E-state index contributed by atoms with van der Waals surface area (Å²) in [7, 11) is 0. The number of hydrogen-bond acceptors (Lipinski definition) is 2. The molecule has 0 bridgehead atoms. The van der Waals surface area contributed by atoms with E-state index in [0.717, 1.165) is 17.5 Å². The molecule has 2 aromatic carbocycles. The van der Waals surface area contributed by atoms with Gasteiger partial charge in [0, 0.05) is 5.56 Å². The Kier molecular flexibility index (Phi) is 3.64. The van der Waals surface area contributed by atoms with Gasteiger partial charge in [-0.05, 0) is 48.1 Å². The zero-order valence-electron chi connectivity index (χ0n) is 11.3. The van der Waals surface area contributed by atoms with Crippen LogP contribution in [0.2, 0.25) is 0 Å². The summed E-state index contributed by atoms with van der Waals surface area (Å²) in [6, 6.07) is 16.3. The van der Waals surface area contributed by atoms with Gasteiger partial charge in [0.1, 0.15) is 5.71 Å². The number of nitrogens with zero attached hydrogens (tertiary/aromatic N) is 1. The zero-order valence-corrected chi connectivity index (χ0v) is 11.3. The van der Waals surface area contributed by atoms with Crippen molar-refractivity contribution in [3.63, 3.8) is 0 Å². The van der Waals surface area contributed by atoms with Crippen LogP contribution in [0.5, 0.6) is 0 Å². The van der Waals surface area contributed by atoms with E-state index in [2.05, 4.69) is 17.3 Å². The van der Waals surface area contributed by atoms with Crippen molar-refractivity contribution >= 4 is 11.8 Å². The predicted octanol–water partition coefficient (Wildman–Crippen LogP) is 4.07. The number of rotatable bonds is 3. The topological polar surface area (TPSA) is 32.6 Å². The van der Waals surface area contributed by atoms with Gasteiger partial charge in [0.2, 0.25) is 0 Å². The third kappa shape index (κ3) is 2.64. The van der Waals surface area contributed by atoms with E-state index in [0.29, 0.717) is 5.71 Å². The van der Waals surface area contributed by atoms with Crippen LogP contribution < -0.4 is 0 Å². The summed E-state index contributed by atoms with van der Waals surface area (Å²) in [5, 5.41) is 12.7. The first kappa shape index (κ1) is 12.7. The van der Waals surface area contributed by atoms with Crippen LogP contribution in [0.25, 0.3) is 6.08 Å². The maximum Gasteiger partial charge on any atom is 0.109 e. The fourth-order valence-corrected chi connectivity index (χ4v) is 2.66. The van der Waals surface area contributed by atoms with Crippen molar-refractivity contribution in [2.24, 2.45) is 5.16 Å². The predicted molar refractivity (Wildman–Crippen MR) is 82.3 cm³/mol. The maximum absolute atomic E-state index is 9.24. The van der Waals surface area contributed by atoms with E-state index in [4.69, 9.17) is 0 Å². The molecule has 3 rings (SSSR count). The maximum atomic E-state index is 9.24. The smallest absolute Gasteiger partial charge is 0.109 e. The number of fused-ring (bicyclic) bond motifs is 1. The van der Waals surface area contributed by atoms with Crippen molar-refractivity contribution in [1.82, 2.24) is 0 Å². The first-order valence-corrected chi connectivity index (χ1v) is 6.94. The van der Waals surface area contributed by atoms with E-state index in [9.17, 15) is 5.21 Å². The summed E-state index contributed by atoms with van der Waals surface area (Å²) in [4.78, 5) is 0. The van der Waals surface area contributed by atoms with E-state index < -0.39 is 0 Å². The van der Waals surface area contributed by atoms with E-state index in [1.54, 1.807) is 0 Å². The third-order valence-electron chi connectivity index (χ3n) is 3.74. The van der Waals surface area contributed by atoms with Crippen molar-refractivity contribution in [3.05, 3.63) is 76.9 Å². The quantitative estimate of drug-likeness (QED) is 0.505. The van der Waals surface area contributed by atoms with Gasteiger partial charge in [0.15, 0.2) is 0 Å². The molecule has 2 aromatic rings. The van der Waals surface area contributed by atoms with Crippen molar-refractivity contribution in [2.45, 2.75) is 19.3 Å². The van der Waals surface area contributed by atoms with E-state index >= 15 is 0 Å². The Hall–Kier alpha value is -2.35. The molecule has 0 radical (unpaired) electrons. The zero-order chi connectivity index (χ0) is 13.8. The molecule has 100 valence electrons. The van der Waals surface area contributed by atoms with E-state index in [1.807, 2.05) is 48.6 Å². The van der Waals surface area contributed by atoms with Gasteiger partial charge in [0.25, 0.3) is 0 Å². The molecule has 2 heteroatoms. The molecule has 1 N–H and O–H groups in total. The number of oxime groups is 1. The molecule has 0 aliphatic heterocycles. The van der Waals surface area contributed by atoms with Crippen LogP contribution in [0, 0.1) is 0 Å². The Balaban J connectivity index is 1.86. The normalized spacial score (nSPS) is 14.7. The van der Waals surface area contributed by atoms with Gasteiger partial charge in [0.05, 0.1) is 0 Å². The standard InChI is InChI=1S/C18H17NO/c20-19-18(12-9-14-5-2-1-3-6-14)17-11-10-15-7-4-8-16(15)13-17/h1-3,5-6,9-13,20H,4,7-8H2/b12-9+,19-18?. The molecule has 2 nitrogen and oxygen atoms in total. The summed E-state index contributed by atoms with van der Waals surface area (Å²) in [5.74, 6) is 0. The van der Waals surface area contributed by atoms with Gasteiger partial charge in [-0.2, -0.15) is 0 Å². The van der Waals surface area contributed by atoms with Crippen LogP contribution in [-0.2, 0) is 12.8 Å². The molecule has 20 heavy (non-hydrogen) atoms. The summed E-state index contributed by atoms with van der Waals surface area (Å²) >= 11 is 0. The average Bonchev–Trinajstić information content (AvgIpc) is 2.96. The first-order chi connectivity index (χ1) is 9.86. The molecule has 1 aliphatic rings. The third-order valence-corrected chi connectivity index (χ3v) is 3.74. The molecule has 0 heterocycles. The number of hydrogen-bond donors (Lipinski definition) is 1. The summed E-state index contributed by atoms with van der Waals surface area (Å²) < 4.78 is 0. The van der Waals surface area contributed by atoms with Crippen LogP contribution in [0.15, 0.2) is 59.8 Å². The van der Waals surface area contributed by atoms with E-state index in [-0.39, 0.29) is 0 Å². The highest BCUT2D eigenvalue weighted by molar-refractivity contribution is 6.10. The molecule has 0 unspecified atom stereocenters. The average molecular weight is 263 g/mol. The molecule has 0 amide bonds. The van der Waals surface area contributed by atoms with Gasteiger partial charge >= 0.3 is 0 Å². The molecule has 0 spiro atoms. The monoisotopic (exact) mass is 263 g/mol. The second kappa shape index (κ2) is 5.74. The van der Waals surface area contributed by atoms with Crippen molar-refractivity contribution in [3.8, 4) is 0 Å². The molecule has 0 fully saturated rings. The van der Waals surface area contributed by atoms with Gasteiger partial charge in [-0.25, -0.2) is 0 Å². The fourth-order valence-electron chi connectivity index (χ4n) is 2.66. The number of benzene rings is 2. The summed E-state index contributed by atoms with van der Waals surface area (Å²) in [6.45, 7) is 0. The second-order valence-electron chi connectivity index (χ2n) is 5.07. The highest BCUT2D eigenvalue weighted by Gasteiger charge is 2.12. The molecular formula is C18H17NO. The highest BCUT2D eigenvalue weighted by Crippen LogP contribution is 2.23. The lowest BCUT2D eigenvalue weighted by Crippen LogP contribution is -1.98. The molecule has 1 aliphatic carbocycles. The van der Waals surface area contributed by atoms with Crippen LogP contribution in [0.3, 0.4) is 0 Å². The lowest BCUT2D eigenvalue weighted by Gasteiger charge is -2.04. The summed E-state index contributed by atoms with van der Waals surface area (Å²) in [5.41, 5.74) is 5.48. The molecule has 0 saturated carbocycles. The first-order valence-electron chi connectivity index (χ1n) is 6.94. The second-order valence-corrected chi connectivity index (χ2v) is 5.07. The number of aryl methyl sites for hydroxylation is 2. The van der Waals surface area contributed by atoms with Gasteiger partial charge in [-0.15, -0.1) is 0 Å². The summed E-state index contributed by atoms with van der Waals surface area (Å²) in [6.07, 6.45) is 7.34. The molecule has 0 atom stereocenters. The van der Waals surface area contributed by atoms with Crippen molar-refractivity contribution < 1.29 is 5.21 Å². The fraction of sp³-hybridized carbons (Fsp3) is 0.167. The number of allylic oxidation sites excluding steroid dienone is 1. The highest BCUT2D eigenvalue weighted by atomic mass is 16.4. The Morgan fingerprint density at radius 1 is 1.00 bits per heavy atom. The molecule has 0 aromatic heterocycles. The molecular weight excluding hydrogens is 246 g/mol. The van der Waals surface area contributed by atoms with Gasteiger partial charge in [-0.1, -0.05) is 53.7 Å². The minimum absolute atomic E-state index is 0.601. The van der Waals surface area contributed by atoms with Crippen LogP contribution in [-0.4, -0.2) is 10.9 Å². The Morgan fingerprint density at radius 2 is 1.80 bits per heavy atom. The molecule has 0 saturated heterocycles. The SMILES string of the molecule is ON=C(/C=C/c1ccccc1)c1ccc2c(c1)CCC2. The van der Waals surface area contributed by atoms with E-state index in [1.165, 1.54) is 24.0 Å². The Morgan fingerprint density at radius 3 is 2.60 bits per heavy atom. The van der Waals surface area contributed by atoms with Crippen LogP contribution in [0.4, 0.5) is 0 Å². The van der Waals surface area contributed by atoms with Crippen molar-refractivity contribution in [2.75, 3.05) is 0 Å². The van der Waals surface area contributed by atoms with Gasteiger partial charge < -0.3 is 5.21 Å². The Bertz CT molecular complexity index is 656. The lowest BCUT2D eigenvalue weighted by atomic mass is 10.0. The minimum Gasteiger partial charge on any atom is -0.410 e. The van der Waals surface area contributed by atoms with Crippen LogP contribution >= 0.6 is 0 Å². The minimum atomic E-state index is 0.601. The largest absolute Gasteiger partial charge is 0.410 e.